The van der Waals surface area contributed by atoms with E-state index in [-0.39, 0.29) is 0 Å². The van der Waals surface area contributed by atoms with Crippen LogP contribution in [0.25, 0.3) is 0 Å². The lowest BCUT2D eigenvalue weighted by atomic mass is 9.92. The maximum absolute atomic E-state index is 5.81. The Kier molecular flexibility index (Phi) is 4.36. The van der Waals surface area contributed by atoms with Gasteiger partial charge in [-0.2, -0.15) is 0 Å². The van der Waals surface area contributed by atoms with Gasteiger partial charge in [-0.05, 0) is 39.2 Å². The van der Waals surface area contributed by atoms with Gasteiger partial charge in [0, 0.05) is 25.2 Å². The largest absolute Gasteiger partial charge is 0.444 e. The Balaban J connectivity index is 1.74. The van der Waals surface area contributed by atoms with Crippen molar-refractivity contribution in [2.24, 2.45) is 5.92 Å². The van der Waals surface area contributed by atoms with Gasteiger partial charge in [-0.3, -0.25) is 9.80 Å². The zero-order valence-electron chi connectivity index (χ0n) is 13.9. The lowest BCUT2D eigenvalue weighted by Gasteiger charge is -2.49. The Morgan fingerprint density at radius 2 is 2.05 bits per heavy atom. The molecular formula is C17H29N3O. The monoisotopic (exact) mass is 291 g/mol. The van der Waals surface area contributed by atoms with Crippen LogP contribution in [0.15, 0.2) is 4.42 Å². The summed E-state index contributed by atoms with van der Waals surface area (Å²) in [5.41, 5.74) is 1.03. The fourth-order valence-corrected chi connectivity index (χ4v) is 3.86. The summed E-state index contributed by atoms with van der Waals surface area (Å²) in [5, 5.41) is 0. The van der Waals surface area contributed by atoms with Gasteiger partial charge in [0.15, 0.2) is 0 Å². The number of hydrogen-bond donors (Lipinski definition) is 0. The van der Waals surface area contributed by atoms with Crippen molar-refractivity contribution in [3.05, 3.63) is 17.3 Å². The Morgan fingerprint density at radius 1 is 1.24 bits per heavy atom. The van der Waals surface area contributed by atoms with Gasteiger partial charge in [0.25, 0.3) is 0 Å². The van der Waals surface area contributed by atoms with E-state index in [0.29, 0.717) is 12.0 Å². The molecule has 0 radical (unpaired) electrons. The van der Waals surface area contributed by atoms with Gasteiger partial charge in [0.1, 0.15) is 5.76 Å². The van der Waals surface area contributed by atoms with Crippen LogP contribution < -0.4 is 0 Å². The second-order valence-corrected chi connectivity index (χ2v) is 7.13. The van der Waals surface area contributed by atoms with Crippen LogP contribution in [-0.2, 0) is 6.54 Å². The first-order valence-corrected chi connectivity index (χ1v) is 8.45. The number of aryl methyl sites for hydroxylation is 2. The Morgan fingerprint density at radius 3 is 2.71 bits per heavy atom. The molecule has 3 rings (SSSR count). The molecule has 118 valence electrons. The van der Waals surface area contributed by atoms with Crippen molar-refractivity contribution in [2.75, 3.05) is 19.6 Å². The quantitative estimate of drug-likeness (QED) is 0.857. The van der Waals surface area contributed by atoms with Crippen LogP contribution in [0.1, 0.15) is 50.5 Å². The average Bonchev–Trinajstić information content (AvgIpc) is 2.76. The van der Waals surface area contributed by atoms with Gasteiger partial charge in [-0.25, -0.2) is 4.98 Å². The van der Waals surface area contributed by atoms with Crippen LogP contribution in [0.5, 0.6) is 0 Å². The van der Waals surface area contributed by atoms with Crippen LogP contribution >= 0.6 is 0 Å². The van der Waals surface area contributed by atoms with E-state index in [1.54, 1.807) is 0 Å². The van der Waals surface area contributed by atoms with Gasteiger partial charge in [-0.15, -0.1) is 0 Å². The number of piperazine rings is 1. The maximum atomic E-state index is 5.81. The molecule has 0 amide bonds. The SMILES string of the molecule is Cc1nc(CN2CC3CCCCN3CC2C(C)C)oc1C. The third-order valence-corrected chi connectivity index (χ3v) is 5.27. The minimum absolute atomic E-state index is 0.617. The number of hydrogen-bond acceptors (Lipinski definition) is 4. The minimum atomic E-state index is 0.617. The fourth-order valence-electron chi connectivity index (χ4n) is 3.86. The van der Waals surface area contributed by atoms with Gasteiger partial charge in [0.2, 0.25) is 5.89 Å². The van der Waals surface area contributed by atoms with E-state index in [4.69, 9.17) is 4.42 Å². The molecule has 0 aromatic carbocycles. The molecule has 2 aliphatic rings. The summed E-state index contributed by atoms with van der Waals surface area (Å²) in [6.07, 6.45) is 4.11. The second kappa shape index (κ2) is 6.09. The molecule has 2 saturated heterocycles. The molecule has 2 unspecified atom stereocenters. The molecule has 1 aromatic heterocycles. The average molecular weight is 291 g/mol. The molecule has 1 aromatic rings. The van der Waals surface area contributed by atoms with E-state index in [9.17, 15) is 0 Å². The molecule has 0 saturated carbocycles. The first kappa shape index (κ1) is 15.0. The predicted molar refractivity (Wildman–Crippen MR) is 84.2 cm³/mol. The molecule has 21 heavy (non-hydrogen) atoms. The standard InChI is InChI=1S/C17H29N3O/c1-12(2)16-10-19-8-6-5-7-15(19)9-20(16)11-17-18-13(3)14(4)21-17/h12,15-16H,5-11H2,1-4H3. The van der Waals surface area contributed by atoms with Crippen molar-refractivity contribution >= 4 is 0 Å². The molecule has 3 heterocycles. The Labute approximate surface area is 128 Å². The summed E-state index contributed by atoms with van der Waals surface area (Å²) >= 11 is 0. The molecule has 0 N–H and O–H groups in total. The van der Waals surface area contributed by atoms with E-state index in [2.05, 4.69) is 28.6 Å². The van der Waals surface area contributed by atoms with Crippen molar-refractivity contribution in [3.63, 3.8) is 0 Å². The summed E-state index contributed by atoms with van der Waals surface area (Å²) < 4.78 is 5.81. The second-order valence-electron chi connectivity index (χ2n) is 7.13. The molecule has 4 heteroatoms. The topological polar surface area (TPSA) is 32.5 Å². The lowest BCUT2D eigenvalue weighted by Crippen LogP contribution is -2.60. The Bertz CT molecular complexity index is 463. The first-order valence-electron chi connectivity index (χ1n) is 8.45. The number of aromatic nitrogens is 1. The summed E-state index contributed by atoms with van der Waals surface area (Å²) in [7, 11) is 0. The van der Waals surface area contributed by atoms with Crippen molar-refractivity contribution in [1.82, 2.24) is 14.8 Å². The van der Waals surface area contributed by atoms with Crippen molar-refractivity contribution in [2.45, 2.75) is 65.6 Å². The van der Waals surface area contributed by atoms with E-state index >= 15 is 0 Å². The van der Waals surface area contributed by atoms with Crippen molar-refractivity contribution in [1.29, 1.82) is 0 Å². The Hall–Kier alpha value is -0.870. The molecule has 4 nitrogen and oxygen atoms in total. The molecule has 2 aliphatic heterocycles. The molecule has 2 atom stereocenters. The van der Waals surface area contributed by atoms with Gasteiger partial charge in [-0.1, -0.05) is 20.3 Å². The third kappa shape index (κ3) is 3.16. The summed E-state index contributed by atoms with van der Waals surface area (Å²) in [5.74, 6) is 2.52. The summed E-state index contributed by atoms with van der Waals surface area (Å²) in [6.45, 7) is 13.2. The highest BCUT2D eigenvalue weighted by Crippen LogP contribution is 2.28. The number of oxazole rings is 1. The fraction of sp³-hybridized carbons (Fsp3) is 0.824. The zero-order valence-corrected chi connectivity index (χ0v) is 13.9. The number of fused-ring (bicyclic) bond motifs is 1. The number of rotatable bonds is 3. The molecule has 0 spiro atoms. The van der Waals surface area contributed by atoms with Crippen LogP contribution in [0.2, 0.25) is 0 Å². The van der Waals surface area contributed by atoms with E-state index < -0.39 is 0 Å². The molecular weight excluding hydrogens is 262 g/mol. The highest BCUT2D eigenvalue weighted by molar-refractivity contribution is 5.06. The van der Waals surface area contributed by atoms with Crippen LogP contribution in [0, 0.1) is 19.8 Å². The third-order valence-electron chi connectivity index (χ3n) is 5.27. The predicted octanol–water partition coefficient (Wildman–Crippen LogP) is 2.99. The van der Waals surface area contributed by atoms with Crippen LogP contribution in [-0.4, -0.2) is 46.5 Å². The van der Waals surface area contributed by atoms with Crippen LogP contribution in [0.3, 0.4) is 0 Å². The molecule has 2 fully saturated rings. The summed E-state index contributed by atoms with van der Waals surface area (Å²) in [4.78, 5) is 9.91. The minimum Gasteiger partial charge on any atom is -0.444 e. The van der Waals surface area contributed by atoms with Crippen molar-refractivity contribution < 1.29 is 4.42 Å². The number of piperidine rings is 1. The lowest BCUT2D eigenvalue weighted by molar-refractivity contribution is -0.0155. The van der Waals surface area contributed by atoms with E-state index in [1.165, 1.54) is 38.9 Å². The van der Waals surface area contributed by atoms with E-state index in [0.717, 1.165) is 29.9 Å². The molecule has 0 aliphatic carbocycles. The zero-order chi connectivity index (χ0) is 15.0. The first-order chi connectivity index (χ1) is 10.0. The normalized spacial score (nSPS) is 28.0. The maximum Gasteiger partial charge on any atom is 0.208 e. The van der Waals surface area contributed by atoms with Crippen LogP contribution in [0.4, 0.5) is 0 Å². The smallest absolute Gasteiger partial charge is 0.208 e. The number of nitrogens with zero attached hydrogens (tertiary/aromatic N) is 3. The van der Waals surface area contributed by atoms with Gasteiger partial charge >= 0.3 is 0 Å². The molecule has 0 bridgehead atoms. The summed E-state index contributed by atoms with van der Waals surface area (Å²) in [6, 6.07) is 1.36. The highest BCUT2D eigenvalue weighted by Gasteiger charge is 2.36. The highest BCUT2D eigenvalue weighted by atomic mass is 16.4. The van der Waals surface area contributed by atoms with Crippen molar-refractivity contribution in [3.8, 4) is 0 Å². The van der Waals surface area contributed by atoms with Gasteiger partial charge < -0.3 is 4.42 Å². The van der Waals surface area contributed by atoms with Gasteiger partial charge in [0.05, 0.1) is 12.2 Å². The van der Waals surface area contributed by atoms with E-state index in [1.807, 2.05) is 13.8 Å².